The number of sulfonamides is 1. The van der Waals surface area contributed by atoms with Gasteiger partial charge in [0.25, 0.3) is 0 Å². The Morgan fingerprint density at radius 3 is 2.43 bits per heavy atom. The normalized spacial score (nSPS) is 12.2. The van der Waals surface area contributed by atoms with Gasteiger partial charge < -0.3 is 15.4 Å². The van der Waals surface area contributed by atoms with Crippen molar-refractivity contribution in [2.45, 2.75) is 25.3 Å². The third kappa shape index (κ3) is 6.98. The van der Waals surface area contributed by atoms with Crippen molar-refractivity contribution in [3.63, 3.8) is 0 Å². The molecule has 0 atom stereocenters. The number of rotatable bonds is 9. The number of nitrogens with one attached hydrogen (secondary N) is 3. The van der Waals surface area contributed by atoms with Crippen LogP contribution in [0.1, 0.15) is 19.4 Å². The van der Waals surface area contributed by atoms with Gasteiger partial charge in [0.1, 0.15) is 0 Å². The van der Waals surface area contributed by atoms with E-state index in [1.807, 2.05) is 13.8 Å². The van der Waals surface area contributed by atoms with Gasteiger partial charge in [-0.2, -0.15) is 0 Å². The fourth-order valence-electron chi connectivity index (χ4n) is 1.79. The van der Waals surface area contributed by atoms with E-state index < -0.39 is 10.0 Å². The molecule has 0 aromatic heterocycles. The topological polar surface area (TPSA) is 91.8 Å². The first-order chi connectivity index (χ1) is 11.0. The predicted octanol–water partition coefficient (Wildman–Crippen LogP) is 0.686. The Kier molecular flexibility index (Phi) is 8.60. The molecule has 130 valence electrons. The minimum Gasteiger partial charge on any atom is -0.380 e. The summed E-state index contributed by atoms with van der Waals surface area (Å²) in [5.41, 5.74) is 0.932. The summed E-state index contributed by atoms with van der Waals surface area (Å²) in [6.45, 7) is 7.17. The van der Waals surface area contributed by atoms with Crippen LogP contribution in [0, 0.1) is 0 Å². The number of benzene rings is 1. The molecule has 0 heterocycles. The van der Waals surface area contributed by atoms with Gasteiger partial charge in [-0.1, -0.05) is 12.1 Å². The molecule has 0 saturated heterocycles. The van der Waals surface area contributed by atoms with Gasteiger partial charge in [0.05, 0.1) is 18.0 Å². The average molecular weight is 342 g/mol. The lowest BCUT2D eigenvalue weighted by atomic mass is 10.2. The number of hydrogen-bond donors (Lipinski definition) is 3. The summed E-state index contributed by atoms with van der Waals surface area (Å²) in [4.78, 5) is 4.71. The van der Waals surface area contributed by atoms with E-state index in [-0.39, 0.29) is 4.90 Å². The molecule has 0 spiro atoms. The molecule has 0 radical (unpaired) electrons. The Morgan fingerprint density at radius 2 is 1.87 bits per heavy atom. The average Bonchev–Trinajstić information content (AvgIpc) is 2.56. The number of guanidine groups is 1. The van der Waals surface area contributed by atoms with E-state index in [9.17, 15) is 8.42 Å². The first kappa shape index (κ1) is 19.4. The zero-order valence-electron chi connectivity index (χ0n) is 13.9. The lowest BCUT2D eigenvalue weighted by Gasteiger charge is -2.11. The molecule has 0 aliphatic carbocycles. The minimum absolute atomic E-state index is 0.245. The molecule has 23 heavy (non-hydrogen) atoms. The largest absolute Gasteiger partial charge is 0.380 e. The van der Waals surface area contributed by atoms with Crippen LogP contribution in [0.3, 0.4) is 0 Å². The maximum atomic E-state index is 11.7. The van der Waals surface area contributed by atoms with Crippen molar-refractivity contribution in [2.75, 3.05) is 33.4 Å². The SMILES string of the molecule is CCNC(=NCc1ccc(S(=O)(=O)NC)cc1)NCCOCC. The summed E-state index contributed by atoms with van der Waals surface area (Å²) in [7, 11) is -2.00. The predicted molar refractivity (Wildman–Crippen MR) is 92.0 cm³/mol. The van der Waals surface area contributed by atoms with Crippen LogP contribution in [0.25, 0.3) is 0 Å². The number of nitrogens with zero attached hydrogens (tertiary/aromatic N) is 1. The molecule has 1 aromatic rings. The summed E-state index contributed by atoms with van der Waals surface area (Å²) in [5, 5.41) is 6.33. The highest BCUT2D eigenvalue weighted by Gasteiger charge is 2.10. The molecule has 0 unspecified atom stereocenters. The zero-order chi connectivity index (χ0) is 17.1. The summed E-state index contributed by atoms with van der Waals surface area (Å²) >= 11 is 0. The van der Waals surface area contributed by atoms with Crippen LogP contribution >= 0.6 is 0 Å². The van der Waals surface area contributed by atoms with Crippen molar-refractivity contribution >= 4 is 16.0 Å². The monoisotopic (exact) mass is 342 g/mol. The Morgan fingerprint density at radius 1 is 1.17 bits per heavy atom. The molecule has 3 N–H and O–H groups in total. The van der Waals surface area contributed by atoms with Gasteiger partial charge in [-0.15, -0.1) is 0 Å². The van der Waals surface area contributed by atoms with Crippen LogP contribution in [0.15, 0.2) is 34.2 Å². The fourth-order valence-corrected chi connectivity index (χ4v) is 2.52. The van der Waals surface area contributed by atoms with Crippen molar-refractivity contribution in [1.82, 2.24) is 15.4 Å². The van der Waals surface area contributed by atoms with Gasteiger partial charge in [0.2, 0.25) is 10.0 Å². The Labute approximate surface area is 138 Å². The molecule has 7 nitrogen and oxygen atoms in total. The molecule has 0 saturated carbocycles. The van der Waals surface area contributed by atoms with Crippen LogP contribution in [0.4, 0.5) is 0 Å². The van der Waals surface area contributed by atoms with E-state index in [0.29, 0.717) is 32.3 Å². The van der Waals surface area contributed by atoms with E-state index in [2.05, 4.69) is 20.3 Å². The van der Waals surface area contributed by atoms with Gasteiger partial charge in [0, 0.05) is 19.7 Å². The van der Waals surface area contributed by atoms with Gasteiger partial charge in [-0.05, 0) is 38.6 Å². The maximum absolute atomic E-state index is 11.7. The number of aliphatic imine (C=N–C) groups is 1. The van der Waals surface area contributed by atoms with Crippen molar-refractivity contribution in [3.8, 4) is 0 Å². The van der Waals surface area contributed by atoms with Gasteiger partial charge in [-0.25, -0.2) is 18.1 Å². The maximum Gasteiger partial charge on any atom is 0.240 e. The molecule has 0 aliphatic heterocycles. The second-order valence-electron chi connectivity index (χ2n) is 4.67. The van der Waals surface area contributed by atoms with Gasteiger partial charge in [-0.3, -0.25) is 0 Å². The lowest BCUT2D eigenvalue weighted by Crippen LogP contribution is -2.39. The molecule has 0 aliphatic rings. The summed E-state index contributed by atoms with van der Waals surface area (Å²) in [6.07, 6.45) is 0. The van der Waals surface area contributed by atoms with E-state index in [4.69, 9.17) is 4.74 Å². The van der Waals surface area contributed by atoms with Gasteiger partial charge >= 0.3 is 0 Å². The number of ether oxygens (including phenoxy) is 1. The van der Waals surface area contributed by atoms with Crippen molar-refractivity contribution < 1.29 is 13.2 Å². The third-order valence-electron chi connectivity index (χ3n) is 3.01. The minimum atomic E-state index is -3.40. The molecule has 0 amide bonds. The molecule has 8 heteroatoms. The first-order valence-corrected chi connectivity index (χ1v) is 9.14. The molecular formula is C15H26N4O3S. The quantitative estimate of drug-likeness (QED) is 0.349. The smallest absolute Gasteiger partial charge is 0.240 e. The van der Waals surface area contributed by atoms with Crippen molar-refractivity contribution in [1.29, 1.82) is 0 Å². The van der Waals surface area contributed by atoms with Crippen LogP contribution in [-0.4, -0.2) is 47.7 Å². The van der Waals surface area contributed by atoms with Crippen LogP contribution in [-0.2, 0) is 21.3 Å². The van der Waals surface area contributed by atoms with E-state index in [0.717, 1.165) is 12.1 Å². The second kappa shape index (κ2) is 10.2. The van der Waals surface area contributed by atoms with Crippen molar-refractivity contribution in [2.24, 2.45) is 4.99 Å². The standard InChI is InChI=1S/C15H26N4O3S/c1-4-17-15(18-10-11-22-5-2)19-12-13-6-8-14(9-7-13)23(20,21)16-3/h6-9,16H,4-5,10-12H2,1-3H3,(H2,17,18,19). The van der Waals surface area contributed by atoms with Crippen LogP contribution in [0.5, 0.6) is 0 Å². The lowest BCUT2D eigenvalue weighted by molar-refractivity contribution is 0.152. The van der Waals surface area contributed by atoms with E-state index in [1.165, 1.54) is 7.05 Å². The molecule has 0 bridgehead atoms. The Hall–Kier alpha value is -1.64. The summed E-state index contributed by atoms with van der Waals surface area (Å²) in [6, 6.07) is 6.67. The van der Waals surface area contributed by atoms with Crippen molar-refractivity contribution in [3.05, 3.63) is 29.8 Å². The first-order valence-electron chi connectivity index (χ1n) is 7.66. The van der Waals surface area contributed by atoms with E-state index in [1.54, 1.807) is 24.3 Å². The Balaban J connectivity index is 2.64. The van der Waals surface area contributed by atoms with Crippen LogP contribution in [0.2, 0.25) is 0 Å². The molecule has 1 rings (SSSR count). The zero-order valence-corrected chi connectivity index (χ0v) is 14.7. The van der Waals surface area contributed by atoms with Gasteiger partial charge in [0.15, 0.2) is 5.96 Å². The number of hydrogen-bond acceptors (Lipinski definition) is 4. The highest BCUT2D eigenvalue weighted by atomic mass is 32.2. The summed E-state index contributed by atoms with van der Waals surface area (Å²) < 4.78 is 30.9. The van der Waals surface area contributed by atoms with Crippen LogP contribution < -0.4 is 15.4 Å². The fraction of sp³-hybridized carbons (Fsp3) is 0.533. The molecule has 0 fully saturated rings. The Bertz CT molecular complexity index is 585. The highest BCUT2D eigenvalue weighted by Crippen LogP contribution is 2.10. The summed E-state index contributed by atoms with van der Waals surface area (Å²) in [5.74, 6) is 0.708. The second-order valence-corrected chi connectivity index (χ2v) is 6.56. The molecule has 1 aromatic carbocycles. The molecular weight excluding hydrogens is 316 g/mol. The third-order valence-corrected chi connectivity index (χ3v) is 4.44. The van der Waals surface area contributed by atoms with E-state index >= 15 is 0 Å². The highest BCUT2D eigenvalue weighted by molar-refractivity contribution is 7.89.